The van der Waals surface area contributed by atoms with Gasteiger partial charge in [-0.25, -0.2) is 16.8 Å². The third-order valence-corrected chi connectivity index (χ3v) is 7.68. The van der Waals surface area contributed by atoms with Gasteiger partial charge in [0.05, 0.1) is 35.2 Å². The summed E-state index contributed by atoms with van der Waals surface area (Å²) in [5, 5.41) is 19.2. The highest BCUT2D eigenvalue weighted by molar-refractivity contribution is 7.92. The van der Waals surface area contributed by atoms with E-state index in [1.807, 2.05) is 6.92 Å². The van der Waals surface area contributed by atoms with E-state index in [1.165, 1.54) is 6.07 Å². The molecule has 0 aliphatic carbocycles. The van der Waals surface area contributed by atoms with Crippen LogP contribution in [0, 0.1) is 13.8 Å². The maximum Gasteiger partial charge on any atom is 0.243 e. The first-order valence-electron chi connectivity index (χ1n) is 7.17. The summed E-state index contributed by atoms with van der Waals surface area (Å²) in [6, 6.07) is 3.74. The molecule has 7 nitrogen and oxygen atoms in total. The molecule has 1 saturated heterocycles. The van der Waals surface area contributed by atoms with Crippen LogP contribution in [0.5, 0.6) is 0 Å². The number of hydrogen-bond acceptors (Lipinski definition) is 6. The van der Waals surface area contributed by atoms with Crippen LogP contribution in [0.2, 0.25) is 0 Å². The van der Waals surface area contributed by atoms with Crippen LogP contribution in [0.15, 0.2) is 23.1 Å². The van der Waals surface area contributed by atoms with Crippen LogP contribution >= 0.6 is 0 Å². The van der Waals surface area contributed by atoms with Gasteiger partial charge in [-0.1, -0.05) is 17.7 Å². The molecule has 2 N–H and O–H groups in total. The zero-order chi connectivity index (χ0) is 17.4. The molecule has 0 spiro atoms. The normalized spacial score (nSPS) is 24.2. The fourth-order valence-corrected chi connectivity index (χ4v) is 6.61. The number of benzene rings is 1. The van der Waals surface area contributed by atoms with Gasteiger partial charge in [-0.15, -0.1) is 0 Å². The summed E-state index contributed by atoms with van der Waals surface area (Å²) in [4.78, 5) is 0.0491. The molecule has 0 amide bonds. The molecule has 0 bridgehead atoms. The molecule has 1 heterocycles. The van der Waals surface area contributed by atoms with Crippen molar-refractivity contribution < 1.29 is 27.0 Å². The average molecular weight is 363 g/mol. The Kier molecular flexibility index (Phi) is 5.17. The van der Waals surface area contributed by atoms with Gasteiger partial charge in [0.1, 0.15) is 0 Å². The zero-order valence-electron chi connectivity index (χ0n) is 13.0. The molecule has 1 aromatic rings. The van der Waals surface area contributed by atoms with Crippen molar-refractivity contribution >= 4 is 19.9 Å². The quantitative estimate of drug-likeness (QED) is 0.726. The summed E-state index contributed by atoms with van der Waals surface area (Å²) in [5.74, 6) is -0.916. The molecule has 9 heteroatoms. The summed E-state index contributed by atoms with van der Waals surface area (Å²) < 4.78 is 50.1. The highest BCUT2D eigenvalue weighted by Crippen LogP contribution is 2.27. The second-order valence-electron chi connectivity index (χ2n) is 5.82. The zero-order valence-corrected chi connectivity index (χ0v) is 14.6. The first kappa shape index (κ1) is 18.3. The minimum Gasteiger partial charge on any atom is -0.395 e. The van der Waals surface area contributed by atoms with Crippen LogP contribution in [0.3, 0.4) is 0 Å². The maximum atomic E-state index is 12.9. The van der Waals surface area contributed by atoms with Gasteiger partial charge in [0.15, 0.2) is 9.84 Å². The highest BCUT2D eigenvalue weighted by atomic mass is 32.2. The van der Waals surface area contributed by atoms with Crippen molar-refractivity contribution in [2.45, 2.75) is 30.9 Å². The molecule has 0 saturated carbocycles. The SMILES string of the molecule is Cc1ccc(S(=O)(=O)N(CCO)[C@H]2CS(=O)(=O)C[C@@H]2O)c(C)c1. The van der Waals surface area contributed by atoms with Crippen LogP contribution in [0.25, 0.3) is 0 Å². The van der Waals surface area contributed by atoms with E-state index in [2.05, 4.69) is 0 Å². The van der Waals surface area contributed by atoms with Gasteiger partial charge in [-0.05, 0) is 25.5 Å². The molecule has 1 aromatic carbocycles. The molecule has 130 valence electrons. The van der Waals surface area contributed by atoms with Gasteiger partial charge in [-0.3, -0.25) is 0 Å². The molecular weight excluding hydrogens is 342 g/mol. The second kappa shape index (κ2) is 6.48. The molecule has 1 fully saturated rings. The van der Waals surface area contributed by atoms with Gasteiger partial charge in [0, 0.05) is 6.54 Å². The number of hydrogen-bond donors (Lipinski definition) is 2. The second-order valence-corrected chi connectivity index (χ2v) is 9.83. The fraction of sp³-hybridized carbons (Fsp3) is 0.571. The Labute approximate surface area is 136 Å². The average Bonchev–Trinajstić information content (AvgIpc) is 2.68. The summed E-state index contributed by atoms with van der Waals surface area (Å²) in [6.45, 7) is 2.75. The lowest BCUT2D eigenvalue weighted by Gasteiger charge is -2.29. The Hall–Kier alpha value is -1.00. The maximum absolute atomic E-state index is 12.9. The van der Waals surface area contributed by atoms with Crippen molar-refractivity contribution in [2.75, 3.05) is 24.7 Å². The Morgan fingerprint density at radius 3 is 2.39 bits per heavy atom. The topological polar surface area (TPSA) is 112 Å². The van der Waals surface area contributed by atoms with Crippen molar-refractivity contribution in [1.29, 1.82) is 0 Å². The van der Waals surface area contributed by atoms with Gasteiger partial charge in [-0.2, -0.15) is 4.31 Å². The van der Waals surface area contributed by atoms with Crippen LogP contribution in [0.4, 0.5) is 0 Å². The number of aliphatic hydroxyl groups is 2. The third kappa shape index (κ3) is 3.74. The van der Waals surface area contributed by atoms with Gasteiger partial charge >= 0.3 is 0 Å². The van der Waals surface area contributed by atoms with Gasteiger partial charge < -0.3 is 10.2 Å². The Bertz CT molecular complexity index is 787. The predicted octanol–water partition coefficient (Wildman–Crippen LogP) is -0.556. The van der Waals surface area contributed by atoms with Crippen molar-refractivity contribution in [1.82, 2.24) is 4.31 Å². The van der Waals surface area contributed by atoms with Crippen LogP contribution < -0.4 is 0 Å². The smallest absolute Gasteiger partial charge is 0.243 e. The molecule has 0 radical (unpaired) electrons. The Morgan fingerprint density at radius 2 is 1.91 bits per heavy atom. The minimum absolute atomic E-state index is 0.0491. The van der Waals surface area contributed by atoms with Crippen molar-refractivity contribution in [3.05, 3.63) is 29.3 Å². The molecule has 1 aliphatic rings. The molecule has 1 aliphatic heterocycles. The lowest BCUT2D eigenvalue weighted by Crippen LogP contribution is -2.48. The molecule has 2 rings (SSSR count). The van der Waals surface area contributed by atoms with E-state index in [-0.39, 0.29) is 11.4 Å². The van der Waals surface area contributed by atoms with E-state index >= 15 is 0 Å². The Balaban J connectivity index is 2.48. The molecule has 2 atom stereocenters. The number of nitrogens with zero attached hydrogens (tertiary/aromatic N) is 1. The van der Waals surface area contributed by atoms with E-state index in [1.54, 1.807) is 19.1 Å². The fourth-order valence-electron chi connectivity index (χ4n) is 2.86. The monoisotopic (exact) mass is 363 g/mol. The number of sulfonamides is 1. The van der Waals surface area contributed by atoms with E-state index < -0.39 is 50.1 Å². The van der Waals surface area contributed by atoms with E-state index in [0.29, 0.717) is 5.56 Å². The molecular formula is C14H21NO6S2. The van der Waals surface area contributed by atoms with E-state index in [4.69, 9.17) is 0 Å². The molecule has 0 unspecified atom stereocenters. The van der Waals surface area contributed by atoms with Crippen molar-refractivity contribution in [2.24, 2.45) is 0 Å². The minimum atomic E-state index is -4.03. The van der Waals surface area contributed by atoms with Gasteiger partial charge in [0.2, 0.25) is 10.0 Å². The standard InChI is InChI=1S/C14H21NO6S2/c1-10-3-4-14(11(2)7-10)23(20,21)15(5-6-16)12-8-22(18,19)9-13(12)17/h3-4,7,12-13,16-17H,5-6,8-9H2,1-2H3/t12-,13-/m0/s1. The van der Waals surface area contributed by atoms with E-state index in [0.717, 1.165) is 9.87 Å². The molecule has 23 heavy (non-hydrogen) atoms. The van der Waals surface area contributed by atoms with E-state index in [9.17, 15) is 27.0 Å². The summed E-state index contributed by atoms with van der Waals surface area (Å²) in [7, 11) is -7.53. The Morgan fingerprint density at radius 1 is 1.26 bits per heavy atom. The van der Waals surface area contributed by atoms with Gasteiger partial charge in [0.25, 0.3) is 0 Å². The lowest BCUT2D eigenvalue weighted by atomic mass is 10.2. The van der Waals surface area contributed by atoms with Crippen LogP contribution in [0.1, 0.15) is 11.1 Å². The number of rotatable bonds is 5. The summed E-state index contributed by atoms with van der Waals surface area (Å²) in [5.41, 5.74) is 1.43. The third-order valence-electron chi connectivity index (χ3n) is 3.90. The summed E-state index contributed by atoms with van der Waals surface area (Å²) >= 11 is 0. The number of aliphatic hydroxyl groups excluding tert-OH is 2. The highest BCUT2D eigenvalue weighted by Gasteiger charge is 2.44. The summed E-state index contributed by atoms with van der Waals surface area (Å²) in [6.07, 6.45) is -1.30. The predicted molar refractivity (Wildman–Crippen MR) is 85.3 cm³/mol. The van der Waals surface area contributed by atoms with Crippen molar-refractivity contribution in [3.63, 3.8) is 0 Å². The first-order chi connectivity index (χ1) is 10.6. The number of sulfone groups is 1. The van der Waals surface area contributed by atoms with Crippen LogP contribution in [-0.4, -0.2) is 68.2 Å². The number of aryl methyl sites for hydroxylation is 2. The largest absolute Gasteiger partial charge is 0.395 e. The van der Waals surface area contributed by atoms with Crippen LogP contribution in [-0.2, 0) is 19.9 Å². The lowest BCUT2D eigenvalue weighted by molar-refractivity contribution is 0.117. The molecule has 0 aromatic heterocycles. The first-order valence-corrected chi connectivity index (χ1v) is 10.4. The van der Waals surface area contributed by atoms with Crippen molar-refractivity contribution in [3.8, 4) is 0 Å².